The fraction of sp³-hybridized carbons (Fsp3) is 0.889. The molecule has 0 aliphatic heterocycles. The molecule has 5 heteroatoms. The van der Waals surface area contributed by atoms with Gasteiger partial charge in [0.05, 0.1) is 6.61 Å². The van der Waals surface area contributed by atoms with Crippen molar-refractivity contribution in [2.45, 2.75) is 12.5 Å². The minimum atomic E-state index is -0.678. The van der Waals surface area contributed by atoms with E-state index in [-0.39, 0.29) is 5.91 Å². The smallest absolute Gasteiger partial charge is 0.238 e. The van der Waals surface area contributed by atoms with Crippen LogP contribution in [0.25, 0.3) is 0 Å². The SMILES string of the molecule is CNC(C)(CN(C)CCOC)C(N)=O. The highest BCUT2D eigenvalue weighted by Gasteiger charge is 2.30. The van der Waals surface area contributed by atoms with Gasteiger partial charge in [0.1, 0.15) is 5.54 Å². The number of likely N-dealkylation sites (N-methyl/N-ethyl adjacent to an activating group) is 2. The molecule has 1 atom stereocenters. The van der Waals surface area contributed by atoms with Crippen LogP contribution in [0.3, 0.4) is 0 Å². The molecule has 0 aromatic rings. The molecule has 5 nitrogen and oxygen atoms in total. The van der Waals surface area contributed by atoms with Gasteiger partial charge in [-0.05, 0) is 21.0 Å². The third-order valence-corrected chi connectivity index (χ3v) is 2.36. The number of carbonyl (C=O) groups is 1. The number of nitrogens with zero attached hydrogens (tertiary/aromatic N) is 1. The summed E-state index contributed by atoms with van der Waals surface area (Å²) >= 11 is 0. The molecule has 0 aromatic carbocycles. The van der Waals surface area contributed by atoms with E-state index >= 15 is 0 Å². The fourth-order valence-corrected chi connectivity index (χ4v) is 1.15. The Hall–Kier alpha value is -0.650. The van der Waals surface area contributed by atoms with Crippen molar-refractivity contribution in [1.29, 1.82) is 0 Å². The van der Waals surface area contributed by atoms with E-state index in [1.165, 1.54) is 0 Å². The summed E-state index contributed by atoms with van der Waals surface area (Å²) in [5, 5.41) is 2.93. The monoisotopic (exact) mass is 203 g/mol. The number of hydrogen-bond acceptors (Lipinski definition) is 4. The summed E-state index contributed by atoms with van der Waals surface area (Å²) in [6.07, 6.45) is 0. The van der Waals surface area contributed by atoms with Gasteiger partial charge in [0, 0.05) is 20.2 Å². The second-order valence-electron chi connectivity index (χ2n) is 3.68. The molecule has 0 aliphatic carbocycles. The lowest BCUT2D eigenvalue weighted by molar-refractivity contribution is -0.124. The minimum Gasteiger partial charge on any atom is -0.383 e. The maximum atomic E-state index is 11.2. The first-order valence-electron chi connectivity index (χ1n) is 4.62. The van der Waals surface area contributed by atoms with Crippen LogP contribution in [0.2, 0.25) is 0 Å². The average molecular weight is 203 g/mol. The summed E-state index contributed by atoms with van der Waals surface area (Å²) in [6.45, 7) is 3.79. The molecule has 0 bridgehead atoms. The van der Waals surface area contributed by atoms with Gasteiger partial charge >= 0.3 is 0 Å². The molecule has 3 N–H and O–H groups in total. The van der Waals surface area contributed by atoms with Crippen LogP contribution in [-0.2, 0) is 9.53 Å². The normalized spacial score (nSPS) is 15.5. The van der Waals surface area contributed by atoms with E-state index in [4.69, 9.17) is 10.5 Å². The van der Waals surface area contributed by atoms with Crippen molar-refractivity contribution in [3.63, 3.8) is 0 Å². The Kier molecular flexibility index (Phi) is 5.68. The first-order valence-corrected chi connectivity index (χ1v) is 4.62. The quantitative estimate of drug-likeness (QED) is 0.558. The molecule has 0 rings (SSSR count). The van der Waals surface area contributed by atoms with Gasteiger partial charge in [0.15, 0.2) is 0 Å². The second kappa shape index (κ2) is 5.95. The molecule has 0 aromatic heterocycles. The van der Waals surface area contributed by atoms with Gasteiger partial charge in [-0.3, -0.25) is 4.79 Å². The number of rotatable bonds is 7. The molecular weight excluding hydrogens is 182 g/mol. The van der Waals surface area contributed by atoms with Crippen molar-refractivity contribution in [2.75, 3.05) is 40.9 Å². The Labute approximate surface area is 85.6 Å². The minimum absolute atomic E-state index is 0.343. The number of primary amides is 1. The number of hydrogen-bond donors (Lipinski definition) is 2. The van der Waals surface area contributed by atoms with E-state index < -0.39 is 5.54 Å². The van der Waals surface area contributed by atoms with Crippen LogP contribution in [0.15, 0.2) is 0 Å². The van der Waals surface area contributed by atoms with Crippen LogP contribution in [0.1, 0.15) is 6.92 Å². The van der Waals surface area contributed by atoms with Gasteiger partial charge in [-0.15, -0.1) is 0 Å². The molecule has 1 amide bonds. The average Bonchev–Trinajstić information content (AvgIpc) is 2.14. The molecule has 0 saturated heterocycles. The van der Waals surface area contributed by atoms with Crippen molar-refractivity contribution in [3.05, 3.63) is 0 Å². The highest BCUT2D eigenvalue weighted by molar-refractivity contribution is 5.84. The summed E-state index contributed by atoms with van der Waals surface area (Å²) < 4.78 is 4.94. The fourth-order valence-electron chi connectivity index (χ4n) is 1.15. The van der Waals surface area contributed by atoms with Crippen LogP contribution in [0, 0.1) is 0 Å². The molecule has 14 heavy (non-hydrogen) atoms. The lowest BCUT2D eigenvalue weighted by Crippen LogP contribution is -2.58. The molecule has 84 valence electrons. The lowest BCUT2D eigenvalue weighted by Gasteiger charge is -2.30. The van der Waals surface area contributed by atoms with Crippen molar-refractivity contribution >= 4 is 5.91 Å². The molecule has 0 aliphatic rings. The first-order chi connectivity index (χ1) is 6.46. The molecule has 1 unspecified atom stereocenters. The Morgan fingerprint density at radius 1 is 1.64 bits per heavy atom. The van der Waals surface area contributed by atoms with Crippen molar-refractivity contribution < 1.29 is 9.53 Å². The zero-order valence-corrected chi connectivity index (χ0v) is 9.46. The van der Waals surface area contributed by atoms with Crippen LogP contribution < -0.4 is 11.1 Å². The molecule has 0 heterocycles. The van der Waals surface area contributed by atoms with E-state index in [1.807, 2.05) is 11.9 Å². The predicted molar refractivity (Wildman–Crippen MR) is 56.0 cm³/mol. The largest absolute Gasteiger partial charge is 0.383 e. The highest BCUT2D eigenvalue weighted by Crippen LogP contribution is 2.03. The number of ether oxygens (including phenoxy) is 1. The number of nitrogens with two attached hydrogens (primary N) is 1. The van der Waals surface area contributed by atoms with E-state index in [1.54, 1.807) is 21.1 Å². The van der Waals surface area contributed by atoms with E-state index in [0.717, 1.165) is 6.54 Å². The number of nitrogens with one attached hydrogen (secondary N) is 1. The van der Waals surface area contributed by atoms with Crippen LogP contribution in [0.5, 0.6) is 0 Å². The Balaban J connectivity index is 4.10. The van der Waals surface area contributed by atoms with Gasteiger partial charge in [-0.2, -0.15) is 0 Å². The number of carbonyl (C=O) groups excluding carboxylic acids is 1. The zero-order valence-electron chi connectivity index (χ0n) is 9.46. The number of amides is 1. The van der Waals surface area contributed by atoms with E-state index in [2.05, 4.69) is 5.32 Å². The van der Waals surface area contributed by atoms with E-state index in [0.29, 0.717) is 13.2 Å². The Morgan fingerprint density at radius 3 is 2.57 bits per heavy atom. The Bertz CT molecular complexity index is 187. The van der Waals surface area contributed by atoms with Crippen molar-refractivity contribution in [3.8, 4) is 0 Å². The maximum Gasteiger partial charge on any atom is 0.238 e. The lowest BCUT2D eigenvalue weighted by atomic mass is 10.0. The molecule has 0 saturated carbocycles. The third kappa shape index (κ3) is 4.04. The summed E-state index contributed by atoms with van der Waals surface area (Å²) in [4.78, 5) is 13.2. The van der Waals surface area contributed by atoms with Gasteiger partial charge in [-0.1, -0.05) is 0 Å². The van der Waals surface area contributed by atoms with Crippen LogP contribution in [0.4, 0.5) is 0 Å². The Morgan fingerprint density at radius 2 is 2.21 bits per heavy atom. The molecule has 0 radical (unpaired) electrons. The van der Waals surface area contributed by atoms with Crippen LogP contribution in [-0.4, -0.2) is 57.2 Å². The summed E-state index contributed by atoms with van der Waals surface area (Å²) in [5.74, 6) is -0.343. The van der Waals surface area contributed by atoms with Gasteiger partial charge in [0.2, 0.25) is 5.91 Å². The molecule has 0 fully saturated rings. The van der Waals surface area contributed by atoms with Crippen molar-refractivity contribution in [2.24, 2.45) is 5.73 Å². The highest BCUT2D eigenvalue weighted by atomic mass is 16.5. The second-order valence-corrected chi connectivity index (χ2v) is 3.68. The van der Waals surface area contributed by atoms with Gasteiger partial charge < -0.3 is 20.7 Å². The summed E-state index contributed by atoms with van der Waals surface area (Å²) in [7, 11) is 5.31. The standard InChI is InChI=1S/C9H21N3O2/c1-9(11-2,8(10)13)7-12(3)5-6-14-4/h11H,5-7H2,1-4H3,(H2,10,13). The van der Waals surface area contributed by atoms with Crippen LogP contribution >= 0.6 is 0 Å². The first kappa shape index (κ1) is 13.4. The van der Waals surface area contributed by atoms with E-state index in [9.17, 15) is 4.79 Å². The maximum absolute atomic E-state index is 11.2. The summed E-state index contributed by atoms with van der Waals surface area (Å²) in [6, 6.07) is 0. The number of methoxy groups -OCH3 is 1. The molecular formula is C9H21N3O2. The van der Waals surface area contributed by atoms with Gasteiger partial charge in [-0.25, -0.2) is 0 Å². The predicted octanol–water partition coefficient (Wildman–Crippen LogP) is -0.972. The topological polar surface area (TPSA) is 67.6 Å². The molecule has 0 spiro atoms. The van der Waals surface area contributed by atoms with Crippen molar-refractivity contribution in [1.82, 2.24) is 10.2 Å². The summed E-state index contributed by atoms with van der Waals surface area (Å²) in [5.41, 5.74) is 4.62. The zero-order chi connectivity index (χ0) is 11.2. The third-order valence-electron chi connectivity index (χ3n) is 2.36. The van der Waals surface area contributed by atoms with Gasteiger partial charge in [0.25, 0.3) is 0 Å².